The minimum absolute atomic E-state index is 0.237. The summed E-state index contributed by atoms with van der Waals surface area (Å²) in [5.74, 6) is 0.404. The normalized spacial score (nSPS) is 12.3. The number of aromatic amines is 1. The molecule has 0 aliphatic rings. The second-order valence-electron chi connectivity index (χ2n) is 4.68. The van der Waals surface area contributed by atoms with Crippen LogP contribution in [0.5, 0.6) is 0 Å². The first kappa shape index (κ1) is 13.6. The van der Waals surface area contributed by atoms with Crippen LogP contribution in [0.4, 0.5) is 0 Å². The number of amides is 1. The van der Waals surface area contributed by atoms with Crippen molar-refractivity contribution in [2.45, 2.75) is 13.0 Å². The molecule has 1 amide bonds. The standard InChI is InChI=1S/C15H13ClN4O/c1-9(14-17-6-7-18-14)19-15(21)13-8-11(16)10-4-2-3-5-12(10)20-13/h2-9H,1H3,(H,17,18)(H,19,21). The summed E-state index contributed by atoms with van der Waals surface area (Å²) >= 11 is 6.20. The zero-order valence-electron chi connectivity index (χ0n) is 11.3. The van der Waals surface area contributed by atoms with Gasteiger partial charge in [-0.2, -0.15) is 0 Å². The maximum atomic E-state index is 12.3. The molecule has 0 aliphatic heterocycles. The van der Waals surface area contributed by atoms with Crippen LogP contribution < -0.4 is 5.32 Å². The number of pyridine rings is 1. The Morgan fingerprint density at radius 3 is 2.95 bits per heavy atom. The third-order valence-corrected chi connectivity index (χ3v) is 3.49. The predicted molar refractivity (Wildman–Crippen MR) is 81.2 cm³/mol. The minimum Gasteiger partial charge on any atom is -0.347 e. The first-order valence-corrected chi connectivity index (χ1v) is 6.88. The van der Waals surface area contributed by atoms with Crippen molar-refractivity contribution in [1.82, 2.24) is 20.3 Å². The van der Waals surface area contributed by atoms with Crippen molar-refractivity contribution in [3.63, 3.8) is 0 Å². The van der Waals surface area contributed by atoms with Crippen molar-refractivity contribution in [1.29, 1.82) is 0 Å². The van der Waals surface area contributed by atoms with Gasteiger partial charge in [0.1, 0.15) is 11.5 Å². The molecule has 21 heavy (non-hydrogen) atoms. The van der Waals surface area contributed by atoms with E-state index >= 15 is 0 Å². The summed E-state index contributed by atoms with van der Waals surface area (Å²) in [5, 5.41) is 4.18. The first-order chi connectivity index (χ1) is 10.1. The van der Waals surface area contributed by atoms with Gasteiger partial charge in [-0.05, 0) is 19.1 Å². The summed E-state index contributed by atoms with van der Waals surface area (Å²) in [6.07, 6.45) is 3.35. The van der Waals surface area contributed by atoms with E-state index in [0.29, 0.717) is 16.4 Å². The molecule has 1 aromatic carbocycles. The fourth-order valence-electron chi connectivity index (χ4n) is 2.10. The van der Waals surface area contributed by atoms with Crippen molar-refractivity contribution >= 4 is 28.4 Å². The van der Waals surface area contributed by atoms with E-state index in [9.17, 15) is 4.79 Å². The van der Waals surface area contributed by atoms with E-state index in [2.05, 4.69) is 20.3 Å². The van der Waals surface area contributed by atoms with Crippen LogP contribution in [-0.2, 0) is 0 Å². The van der Waals surface area contributed by atoms with E-state index in [1.165, 1.54) is 0 Å². The highest BCUT2D eigenvalue weighted by Crippen LogP contribution is 2.23. The number of nitrogens with zero attached hydrogens (tertiary/aromatic N) is 2. The van der Waals surface area contributed by atoms with E-state index in [1.54, 1.807) is 18.5 Å². The molecule has 5 nitrogen and oxygen atoms in total. The molecule has 0 fully saturated rings. The van der Waals surface area contributed by atoms with Crippen LogP contribution in [0.3, 0.4) is 0 Å². The number of rotatable bonds is 3. The molecule has 0 aliphatic carbocycles. The Bertz CT molecular complexity index is 785. The minimum atomic E-state index is -0.286. The zero-order chi connectivity index (χ0) is 14.8. The SMILES string of the molecule is CC(NC(=O)c1cc(Cl)c2ccccc2n1)c1ncc[nH]1. The Kier molecular flexibility index (Phi) is 3.58. The highest BCUT2D eigenvalue weighted by molar-refractivity contribution is 6.35. The third-order valence-electron chi connectivity index (χ3n) is 3.18. The van der Waals surface area contributed by atoms with Gasteiger partial charge < -0.3 is 10.3 Å². The lowest BCUT2D eigenvalue weighted by Crippen LogP contribution is -2.28. The maximum Gasteiger partial charge on any atom is 0.270 e. The zero-order valence-corrected chi connectivity index (χ0v) is 12.1. The van der Waals surface area contributed by atoms with Gasteiger partial charge in [0.2, 0.25) is 0 Å². The lowest BCUT2D eigenvalue weighted by Gasteiger charge is -2.11. The van der Waals surface area contributed by atoms with Crippen LogP contribution >= 0.6 is 11.6 Å². The third kappa shape index (κ3) is 2.73. The summed E-state index contributed by atoms with van der Waals surface area (Å²) in [6, 6.07) is 8.78. The van der Waals surface area contributed by atoms with Crippen molar-refractivity contribution in [2.24, 2.45) is 0 Å². The summed E-state index contributed by atoms with van der Waals surface area (Å²) in [7, 11) is 0. The fraction of sp³-hybridized carbons (Fsp3) is 0.133. The van der Waals surface area contributed by atoms with Gasteiger partial charge in [0.15, 0.2) is 0 Å². The number of fused-ring (bicyclic) bond motifs is 1. The van der Waals surface area contributed by atoms with Crippen LogP contribution in [0, 0.1) is 0 Å². The number of carbonyl (C=O) groups is 1. The molecule has 0 radical (unpaired) electrons. The number of imidazole rings is 1. The lowest BCUT2D eigenvalue weighted by molar-refractivity contribution is 0.0933. The average molecular weight is 301 g/mol. The number of halogens is 1. The Hall–Kier alpha value is -2.40. The number of hydrogen-bond donors (Lipinski definition) is 2. The van der Waals surface area contributed by atoms with Gasteiger partial charge in [-0.3, -0.25) is 4.79 Å². The number of nitrogens with one attached hydrogen (secondary N) is 2. The molecular weight excluding hydrogens is 288 g/mol. The van der Waals surface area contributed by atoms with E-state index < -0.39 is 0 Å². The molecule has 6 heteroatoms. The highest BCUT2D eigenvalue weighted by Gasteiger charge is 2.15. The topological polar surface area (TPSA) is 70.7 Å². The van der Waals surface area contributed by atoms with Crippen molar-refractivity contribution in [3.8, 4) is 0 Å². The number of para-hydroxylation sites is 1. The molecule has 2 N–H and O–H groups in total. The molecule has 0 saturated carbocycles. The average Bonchev–Trinajstić information content (AvgIpc) is 3.01. The molecule has 2 aromatic heterocycles. The monoisotopic (exact) mass is 300 g/mol. The second-order valence-corrected chi connectivity index (χ2v) is 5.08. The van der Waals surface area contributed by atoms with Crippen LogP contribution in [0.15, 0.2) is 42.7 Å². The molecule has 0 spiro atoms. The highest BCUT2D eigenvalue weighted by atomic mass is 35.5. The van der Waals surface area contributed by atoms with E-state index in [-0.39, 0.29) is 17.6 Å². The smallest absolute Gasteiger partial charge is 0.270 e. The van der Waals surface area contributed by atoms with E-state index in [0.717, 1.165) is 5.39 Å². The van der Waals surface area contributed by atoms with Gasteiger partial charge in [0.25, 0.3) is 5.91 Å². The lowest BCUT2D eigenvalue weighted by atomic mass is 10.2. The van der Waals surface area contributed by atoms with Gasteiger partial charge in [0.05, 0.1) is 16.6 Å². The molecule has 106 valence electrons. The number of hydrogen-bond acceptors (Lipinski definition) is 3. The first-order valence-electron chi connectivity index (χ1n) is 6.50. The summed E-state index contributed by atoms with van der Waals surface area (Å²) in [4.78, 5) is 23.7. The molecular formula is C15H13ClN4O. The summed E-state index contributed by atoms with van der Waals surface area (Å²) in [5.41, 5.74) is 0.984. The maximum absolute atomic E-state index is 12.3. The van der Waals surface area contributed by atoms with E-state index in [1.807, 2.05) is 31.2 Å². The van der Waals surface area contributed by atoms with Crippen LogP contribution in [0.2, 0.25) is 5.02 Å². The fourth-order valence-corrected chi connectivity index (χ4v) is 2.37. The number of carbonyl (C=O) groups excluding carboxylic acids is 1. The quantitative estimate of drug-likeness (QED) is 0.781. The van der Waals surface area contributed by atoms with Crippen molar-refractivity contribution in [2.75, 3.05) is 0 Å². The number of aromatic nitrogens is 3. The van der Waals surface area contributed by atoms with Crippen molar-refractivity contribution in [3.05, 3.63) is 59.3 Å². The van der Waals surface area contributed by atoms with E-state index in [4.69, 9.17) is 11.6 Å². The molecule has 0 saturated heterocycles. The molecule has 2 heterocycles. The van der Waals surface area contributed by atoms with Crippen molar-refractivity contribution < 1.29 is 4.79 Å². The van der Waals surface area contributed by atoms with Crippen LogP contribution in [-0.4, -0.2) is 20.9 Å². The molecule has 1 unspecified atom stereocenters. The van der Waals surface area contributed by atoms with Gasteiger partial charge in [-0.25, -0.2) is 9.97 Å². The van der Waals surface area contributed by atoms with Gasteiger partial charge in [-0.15, -0.1) is 0 Å². The van der Waals surface area contributed by atoms with Gasteiger partial charge in [-0.1, -0.05) is 29.8 Å². The second kappa shape index (κ2) is 5.54. The molecule has 3 aromatic rings. The number of H-pyrrole nitrogens is 1. The Balaban J connectivity index is 1.88. The van der Waals surface area contributed by atoms with Gasteiger partial charge in [0, 0.05) is 17.8 Å². The Morgan fingerprint density at radius 1 is 1.38 bits per heavy atom. The molecule has 1 atom stereocenters. The summed E-state index contributed by atoms with van der Waals surface area (Å²) in [6.45, 7) is 1.85. The van der Waals surface area contributed by atoms with Gasteiger partial charge >= 0.3 is 0 Å². The number of benzene rings is 1. The largest absolute Gasteiger partial charge is 0.347 e. The van der Waals surface area contributed by atoms with Crippen LogP contribution in [0.25, 0.3) is 10.9 Å². The Morgan fingerprint density at radius 2 is 2.19 bits per heavy atom. The molecule has 0 bridgehead atoms. The summed E-state index contributed by atoms with van der Waals surface area (Å²) < 4.78 is 0. The Labute approximate surface area is 126 Å². The van der Waals surface area contributed by atoms with Crippen LogP contribution in [0.1, 0.15) is 29.3 Å². The predicted octanol–water partition coefficient (Wildman–Crippen LogP) is 3.10. The molecule has 3 rings (SSSR count).